The van der Waals surface area contributed by atoms with E-state index in [0.29, 0.717) is 0 Å². The van der Waals surface area contributed by atoms with Crippen molar-refractivity contribution in [3.63, 3.8) is 0 Å². The monoisotopic (exact) mass is 1220 g/mol. The van der Waals surface area contributed by atoms with E-state index >= 15 is 0 Å². The molecule has 0 amide bonds. The standard InChI is InChI=1S/4C15H11.2CH2.2ClH.2Hf/c4*1-2-6-12(7-3-1)14-10-4-8-13-9-5-11-15(13)14;;;;;;/h4*1-11H;2*1H2;2*1H;;/q4*-1;;;;;2*+2/p-2. The smallest absolute Gasteiger partial charge is 0.0279 e. The van der Waals surface area contributed by atoms with Gasteiger partial charge in [0, 0.05) is 0 Å². The molecular formula is C62H48Cl2Hf2-2. The summed E-state index contributed by atoms with van der Waals surface area (Å²) >= 11 is 2.11. The second-order valence-electron chi connectivity index (χ2n) is 14.8. The molecule has 0 heterocycles. The SMILES string of the molecule is [CH2]=[Hf+2].[CH2]=[Hf+2].[Cl-].[Cl-].c1ccc(-c2cccc3[cH-]ccc23)cc1.c1ccc(-c2cccc3[cH-]ccc23)cc1.c1ccc(-c2cccc3[cH-]ccc23)cc1.c1ccc(-c2cccc3[cH-]ccc23)cc1. The van der Waals surface area contributed by atoms with Crippen molar-refractivity contribution in [3.05, 3.63) is 267 Å². The van der Waals surface area contributed by atoms with Gasteiger partial charge in [0.05, 0.1) is 0 Å². The van der Waals surface area contributed by atoms with E-state index in [4.69, 9.17) is 0 Å². The van der Waals surface area contributed by atoms with Gasteiger partial charge in [0.25, 0.3) is 0 Å². The Hall–Kier alpha value is -5.74. The number of hydrogen-bond acceptors (Lipinski definition) is 0. The Morgan fingerprint density at radius 3 is 0.621 bits per heavy atom. The summed E-state index contributed by atoms with van der Waals surface area (Å²) in [5, 5.41) is 10.6. The molecule has 12 rings (SSSR count). The number of rotatable bonds is 4. The van der Waals surface area contributed by atoms with Gasteiger partial charge in [-0.3, -0.25) is 0 Å². The minimum absolute atomic E-state index is 0. The van der Waals surface area contributed by atoms with Crippen LogP contribution in [0.3, 0.4) is 0 Å². The maximum Gasteiger partial charge on any atom is -0.0279 e. The molecule has 0 fully saturated rings. The normalized spacial score (nSPS) is 9.88. The van der Waals surface area contributed by atoms with E-state index in [0.717, 1.165) is 47.8 Å². The van der Waals surface area contributed by atoms with Crippen LogP contribution in [0.25, 0.3) is 87.6 Å². The van der Waals surface area contributed by atoms with Gasteiger partial charge >= 0.3 is 56.3 Å². The molecule has 0 aliphatic rings. The van der Waals surface area contributed by atoms with Gasteiger partial charge in [-0.05, 0) is 22.3 Å². The molecule has 0 aromatic heterocycles. The second kappa shape index (κ2) is 27.0. The fourth-order valence-electron chi connectivity index (χ4n) is 8.13. The molecule has 0 N–H and O–H groups in total. The zero-order valence-corrected chi connectivity index (χ0v) is 45.3. The van der Waals surface area contributed by atoms with E-state index in [9.17, 15) is 0 Å². The van der Waals surface area contributed by atoms with Gasteiger partial charge < -0.3 is 24.8 Å². The van der Waals surface area contributed by atoms with Crippen LogP contribution in [0.4, 0.5) is 0 Å². The third-order valence-corrected chi connectivity index (χ3v) is 11.1. The quantitative estimate of drug-likeness (QED) is 0.122. The van der Waals surface area contributed by atoms with E-state index in [1.807, 2.05) is 0 Å². The zero-order valence-electron chi connectivity index (χ0n) is 36.6. The Labute approximate surface area is 431 Å². The Kier molecular flexibility index (Phi) is 21.0. The van der Waals surface area contributed by atoms with Crippen molar-refractivity contribution in [1.82, 2.24) is 0 Å². The largest absolute Gasteiger partial charge is 1.00 e. The van der Waals surface area contributed by atoms with Gasteiger partial charge in [0.1, 0.15) is 0 Å². The van der Waals surface area contributed by atoms with E-state index in [-0.39, 0.29) is 24.8 Å². The van der Waals surface area contributed by atoms with Gasteiger partial charge in [-0.15, -0.1) is 116 Å². The summed E-state index contributed by atoms with van der Waals surface area (Å²) < 4.78 is 6.78. The summed E-state index contributed by atoms with van der Waals surface area (Å²) in [5.74, 6) is 0. The molecule has 0 atom stereocenters. The molecule has 0 aliphatic heterocycles. The van der Waals surface area contributed by atoms with Gasteiger partial charge in [-0.1, -0.05) is 168 Å². The third kappa shape index (κ3) is 12.8. The van der Waals surface area contributed by atoms with Crippen LogP contribution in [0.1, 0.15) is 0 Å². The van der Waals surface area contributed by atoms with Crippen LogP contribution >= 0.6 is 0 Å². The van der Waals surface area contributed by atoms with Crippen molar-refractivity contribution < 1.29 is 72.6 Å². The van der Waals surface area contributed by atoms with Crippen LogP contribution < -0.4 is 24.8 Å². The van der Waals surface area contributed by atoms with Gasteiger partial charge in [0.15, 0.2) is 0 Å². The molecule has 0 bridgehead atoms. The molecule has 66 heavy (non-hydrogen) atoms. The van der Waals surface area contributed by atoms with Gasteiger partial charge in [-0.2, -0.15) is 48.5 Å². The Balaban J connectivity index is 0.000000159. The van der Waals surface area contributed by atoms with E-state index in [2.05, 4.69) is 275 Å². The molecule has 0 aliphatic carbocycles. The van der Waals surface area contributed by atoms with Gasteiger partial charge in [-0.25, -0.2) is 0 Å². The number of hydrogen-bond donors (Lipinski definition) is 0. The zero-order chi connectivity index (χ0) is 44.4. The van der Waals surface area contributed by atoms with Crippen LogP contribution in [0.15, 0.2) is 267 Å². The number of benzene rings is 8. The Morgan fingerprint density at radius 2 is 0.424 bits per heavy atom. The van der Waals surface area contributed by atoms with Crippen molar-refractivity contribution >= 4 is 51.6 Å². The topological polar surface area (TPSA) is 0 Å². The maximum atomic E-state index is 3.39. The number of fused-ring (bicyclic) bond motifs is 4. The Morgan fingerprint density at radius 1 is 0.227 bits per heavy atom. The predicted octanol–water partition coefficient (Wildman–Crippen LogP) is 10.8. The molecule has 0 radical (unpaired) electrons. The van der Waals surface area contributed by atoms with Crippen molar-refractivity contribution in [2.75, 3.05) is 0 Å². The third-order valence-electron chi connectivity index (χ3n) is 11.1. The molecule has 0 saturated heterocycles. The number of halogens is 2. The minimum atomic E-state index is 0. The summed E-state index contributed by atoms with van der Waals surface area (Å²) in [4.78, 5) is 0. The average Bonchev–Trinajstić information content (AvgIpc) is 4.25. The molecule has 0 unspecified atom stereocenters. The summed E-state index contributed by atoms with van der Waals surface area (Å²) in [5.41, 5.74) is 10.4. The molecule has 0 nitrogen and oxygen atoms in total. The van der Waals surface area contributed by atoms with Crippen molar-refractivity contribution in [1.29, 1.82) is 0 Å². The maximum absolute atomic E-state index is 3.39. The molecule has 12 aromatic carbocycles. The first kappa shape index (κ1) is 51.2. The summed E-state index contributed by atoms with van der Waals surface area (Å²) in [7, 11) is 0. The van der Waals surface area contributed by atoms with Gasteiger partial charge in [0.2, 0.25) is 0 Å². The molecule has 320 valence electrons. The van der Waals surface area contributed by atoms with Crippen LogP contribution in [0.2, 0.25) is 0 Å². The molecule has 0 saturated carbocycles. The summed E-state index contributed by atoms with van der Waals surface area (Å²) in [6.07, 6.45) is 0. The molecule has 4 heteroatoms. The molecule has 12 aromatic rings. The first-order chi connectivity index (χ1) is 31.8. The fraction of sp³-hybridized carbons (Fsp3) is 0. The van der Waals surface area contributed by atoms with Crippen molar-refractivity contribution in [3.8, 4) is 44.5 Å². The van der Waals surface area contributed by atoms with E-state index < -0.39 is 0 Å². The second-order valence-corrected chi connectivity index (χ2v) is 14.8. The molecule has 0 spiro atoms. The van der Waals surface area contributed by atoms with Crippen molar-refractivity contribution in [2.45, 2.75) is 0 Å². The van der Waals surface area contributed by atoms with Crippen molar-refractivity contribution in [2.24, 2.45) is 0 Å². The first-order valence-corrected chi connectivity index (χ1v) is 26.4. The van der Waals surface area contributed by atoms with Crippen LogP contribution in [0.5, 0.6) is 0 Å². The van der Waals surface area contributed by atoms with Crippen LogP contribution in [0, 0.1) is 0 Å². The fourth-order valence-corrected chi connectivity index (χ4v) is 8.13. The Bertz CT molecular complexity index is 2790. The van der Waals surface area contributed by atoms with Crippen LogP contribution in [-0.4, -0.2) is 8.52 Å². The first-order valence-electron chi connectivity index (χ1n) is 21.3. The molecular weight excluding hydrogens is 1170 g/mol. The summed E-state index contributed by atoms with van der Waals surface area (Å²) in [6.45, 7) is 0. The van der Waals surface area contributed by atoms with Crippen LogP contribution in [-0.2, 0) is 47.8 Å². The van der Waals surface area contributed by atoms with E-state index in [1.165, 1.54) is 87.6 Å². The average molecular weight is 1220 g/mol. The minimum Gasteiger partial charge on any atom is -1.00 e. The summed E-state index contributed by atoms with van der Waals surface area (Å²) in [6, 6.07) is 93.6. The predicted molar refractivity (Wildman–Crippen MR) is 274 cm³/mol. The van der Waals surface area contributed by atoms with E-state index in [1.54, 1.807) is 0 Å².